The summed E-state index contributed by atoms with van der Waals surface area (Å²) in [7, 11) is 2.13. The Hall–Kier alpha value is -0.120. The Morgan fingerprint density at radius 1 is 1.28 bits per heavy atom. The van der Waals surface area contributed by atoms with Crippen LogP contribution in [0.25, 0.3) is 0 Å². The molecule has 3 heteroatoms. The van der Waals surface area contributed by atoms with Gasteiger partial charge in [0.05, 0.1) is 12.7 Å². The maximum atomic E-state index is 5.80. The molecule has 1 N–H and O–H groups in total. The number of hydrogen-bond acceptors (Lipinski definition) is 3. The van der Waals surface area contributed by atoms with Gasteiger partial charge in [-0.3, -0.25) is 4.90 Å². The van der Waals surface area contributed by atoms with Crippen molar-refractivity contribution in [3.8, 4) is 0 Å². The van der Waals surface area contributed by atoms with Crippen LogP contribution < -0.4 is 5.32 Å². The molecule has 0 radical (unpaired) electrons. The van der Waals surface area contributed by atoms with Crippen LogP contribution in [0.2, 0.25) is 0 Å². The van der Waals surface area contributed by atoms with Gasteiger partial charge in [0, 0.05) is 25.2 Å². The average molecular weight is 254 g/mol. The maximum Gasteiger partial charge on any atom is 0.0674 e. The van der Waals surface area contributed by atoms with Crippen LogP contribution in [0.15, 0.2) is 0 Å². The molecule has 0 bridgehead atoms. The zero-order valence-corrected chi connectivity index (χ0v) is 12.3. The van der Waals surface area contributed by atoms with E-state index in [1.807, 2.05) is 0 Å². The summed E-state index contributed by atoms with van der Waals surface area (Å²) in [6, 6.07) is 1.37. The second kappa shape index (κ2) is 6.88. The Morgan fingerprint density at radius 2 is 2.06 bits per heavy atom. The van der Waals surface area contributed by atoms with E-state index in [2.05, 4.69) is 31.1 Å². The lowest BCUT2D eigenvalue weighted by Crippen LogP contribution is -2.52. The minimum absolute atomic E-state index is 0.407. The molecule has 2 rings (SSSR count). The first-order chi connectivity index (χ1) is 8.74. The predicted octanol–water partition coefficient (Wildman–Crippen LogP) is 2.26. The molecular weight excluding hydrogens is 224 g/mol. The van der Waals surface area contributed by atoms with Crippen LogP contribution in [-0.4, -0.2) is 49.8 Å². The third-order valence-electron chi connectivity index (χ3n) is 4.80. The van der Waals surface area contributed by atoms with E-state index < -0.39 is 0 Å². The largest absolute Gasteiger partial charge is 0.376 e. The van der Waals surface area contributed by atoms with Crippen molar-refractivity contribution in [2.45, 2.75) is 64.1 Å². The number of hydrogen-bond donors (Lipinski definition) is 1. The molecule has 2 fully saturated rings. The topological polar surface area (TPSA) is 24.5 Å². The normalized spacial score (nSPS) is 38.8. The van der Waals surface area contributed by atoms with Crippen molar-refractivity contribution in [3.63, 3.8) is 0 Å². The van der Waals surface area contributed by atoms with Crippen molar-refractivity contribution in [1.82, 2.24) is 10.2 Å². The minimum atomic E-state index is 0.407. The SMILES string of the molecule is CCC1COC(C)CN1CC1CCCCC1NC. The summed E-state index contributed by atoms with van der Waals surface area (Å²) in [5.74, 6) is 0.836. The standard InChI is InChI=1S/C15H30N2O/c1-4-14-11-18-12(2)9-17(14)10-13-7-5-6-8-15(13)16-3/h12-16H,4-11H2,1-3H3. The van der Waals surface area contributed by atoms with Crippen LogP contribution in [0.4, 0.5) is 0 Å². The molecule has 4 unspecified atom stereocenters. The van der Waals surface area contributed by atoms with Crippen molar-refractivity contribution in [3.05, 3.63) is 0 Å². The van der Waals surface area contributed by atoms with Gasteiger partial charge >= 0.3 is 0 Å². The zero-order chi connectivity index (χ0) is 13.0. The molecule has 0 spiro atoms. The van der Waals surface area contributed by atoms with Gasteiger partial charge in [-0.1, -0.05) is 19.8 Å². The lowest BCUT2D eigenvalue weighted by molar-refractivity contribution is -0.0635. The molecule has 0 aromatic heterocycles. The third-order valence-corrected chi connectivity index (χ3v) is 4.80. The predicted molar refractivity (Wildman–Crippen MR) is 75.9 cm³/mol. The number of nitrogens with one attached hydrogen (secondary N) is 1. The molecule has 1 aliphatic heterocycles. The van der Waals surface area contributed by atoms with Crippen LogP contribution in [0, 0.1) is 5.92 Å². The van der Waals surface area contributed by atoms with Gasteiger partial charge in [0.25, 0.3) is 0 Å². The fourth-order valence-corrected chi connectivity index (χ4v) is 3.62. The molecule has 0 aromatic carbocycles. The second-order valence-electron chi connectivity index (χ2n) is 6.10. The van der Waals surface area contributed by atoms with Crippen molar-refractivity contribution in [2.24, 2.45) is 5.92 Å². The Balaban J connectivity index is 1.92. The number of rotatable bonds is 4. The number of ether oxygens (including phenoxy) is 1. The van der Waals surface area contributed by atoms with Gasteiger partial charge in [-0.15, -0.1) is 0 Å². The Morgan fingerprint density at radius 3 is 2.78 bits per heavy atom. The van der Waals surface area contributed by atoms with Gasteiger partial charge in [-0.25, -0.2) is 0 Å². The molecule has 18 heavy (non-hydrogen) atoms. The molecule has 2 aliphatic rings. The minimum Gasteiger partial charge on any atom is -0.376 e. The first kappa shape index (κ1) is 14.3. The van der Waals surface area contributed by atoms with Crippen molar-refractivity contribution in [1.29, 1.82) is 0 Å². The third kappa shape index (κ3) is 3.46. The Kier molecular flexibility index (Phi) is 5.46. The molecule has 1 heterocycles. The summed E-state index contributed by atoms with van der Waals surface area (Å²) < 4.78 is 5.80. The molecule has 0 amide bonds. The van der Waals surface area contributed by atoms with E-state index in [4.69, 9.17) is 4.74 Å². The fourth-order valence-electron chi connectivity index (χ4n) is 3.62. The molecule has 1 saturated carbocycles. The van der Waals surface area contributed by atoms with Crippen LogP contribution in [0.3, 0.4) is 0 Å². The summed E-state index contributed by atoms with van der Waals surface area (Å²) in [4.78, 5) is 2.69. The summed E-state index contributed by atoms with van der Waals surface area (Å²) in [5.41, 5.74) is 0. The molecule has 106 valence electrons. The van der Waals surface area contributed by atoms with E-state index in [9.17, 15) is 0 Å². The van der Waals surface area contributed by atoms with Crippen molar-refractivity contribution < 1.29 is 4.74 Å². The van der Waals surface area contributed by atoms with Crippen molar-refractivity contribution >= 4 is 0 Å². The van der Waals surface area contributed by atoms with Gasteiger partial charge in [0.2, 0.25) is 0 Å². The van der Waals surface area contributed by atoms with Crippen molar-refractivity contribution in [2.75, 3.05) is 26.7 Å². The van der Waals surface area contributed by atoms with Gasteiger partial charge in [0.1, 0.15) is 0 Å². The van der Waals surface area contributed by atoms with Gasteiger partial charge in [0.15, 0.2) is 0 Å². The summed E-state index contributed by atoms with van der Waals surface area (Å²) in [6.07, 6.45) is 7.19. The molecule has 4 atom stereocenters. The van der Waals surface area contributed by atoms with Crippen LogP contribution >= 0.6 is 0 Å². The van der Waals surface area contributed by atoms with Crippen LogP contribution in [-0.2, 0) is 4.74 Å². The smallest absolute Gasteiger partial charge is 0.0674 e. The molecule has 0 aromatic rings. The lowest BCUT2D eigenvalue weighted by atomic mass is 9.83. The second-order valence-corrected chi connectivity index (χ2v) is 6.10. The monoisotopic (exact) mass is 254 g/mol. The quantitative estimate of drug-likeness (QED) is 0.833. The first-order valence-electron chi connectivity index (χ1n) is 7.77. The summed E-state index contributed by atoms with van der Waals surface area (Å²) in [5, 5.41) is 3.53. The van der Waals surface area contributed by atoms with E-state index in [0.717, 1.165) is 25.1 Å². The highest BCUT2D eigenvalue weighted by Gasteiger charge is 2.31. The molecule has 1 saturated heterocycles. The van der Waals surface area contributed by atoms with E-state index in [0.29, 0.717) is 12.1 Å². The Bertz CT molecular complexity index is 247. The lowest BCUT2D eigenvalue weighted by Gasteiger charge is -2.42. The molecular formula is C15H30N2O. The van der Waals surface area contributed by atoms with E-state index in [1.54, 1.807) is 0 Å². The van der Waals surface area contributed by atoms with Gasteiger partial charge < -0.3 is 10.1 Å². The number of nitrogens with zero attached hydrogens (tertiary/aromatic N) is 1. The van der Waals surface area contributed by atoms with Crippen LogP contribution in [0.5, 0.6) is 0 Å². The Labute approximate surface area is 112 Å². The molecule has 1 aliphatic carbocycles. The molecule has 3 nitrogen and oxygen atoms in total. The summed E-state index contributed by atoms with van der Waals surface area (Å²) in [6.45, 7) is 7.79. The van der Waals surface area contributed by atoms with E-state index >= 15 is 0 Å². The van der Waals surface area contributed by atoms with Gasteiger partial charge in [-0.2, -0.15) is 0 Å². The average Bonchev–Trinajstić information content (AvgIpc) is 2.40. The highest BCUT2D eigenvalue weighted by molar-refractivity contribution is 4.86. The highest BCUT2D eigenvalue weighted by Crippen LogP contribution is 2.27. The van der Waals surface area contributed by atoms with E-state index in [-0.39, 0.29) is 0 Å². The van der Waals surface area contributed by atoms with Gasteiger partial charge in [-0.05, 0) is 39.2 Å². The summed E-state index contributed by atoms with van der Waals surface area (Å²) >= 11 is 0. The first-order valence-corrected chi connectivity index (χ1v) is 7.77. The van der Waals surface area contributed by atoms with Crippen LogP contribution in [0.1, 0.15) is 46.0 Å². The van der Waals surface area contributed by atoms with E-state index in [1.165, 1.54) is 38.6 Å². The fraction of sp³-hybridized carbons (Fsp3) is 1.00. The number of morpholine rings is 1. The zero-order valence-electron chi connectivity index (χ0n) is 12.3. The maximum absolute atomic E-state index is 5.80. The highest BCUT2D eigenvalue weighted by atomic mass is 16.5.